The van der Waals surface area contributed by atoms with E-state index >= 15 is 0 Å². The summed E-state index contributed by atoms with van der Waals surface area (Å²) in [5.74, 6) is 51.3. The molecular weight excluding hydrogens is 815 g/mol. The van der Waals surface area contributed by atoms with Crippen LogP contribution in [-0.4, -0.2) is 28.2 Å². The molecule has 0 fully saturated rings. The first kappa shape index (κ1) is 41.1. The Balaban J connectivity index is -0.000000378. The van der Waals surface area contributed by atoms with E-state index in [1.54, 1.807) is 6.92 Å². The van der Waals surface area contributed by atoms with E-state index in [1.807, 2.05) is 22.7 Å². The van der Waals surface area contributed by atoms with Crippen molar-refractivity contribution < 1.29 is 15.7 Å². The van der Waals surface area contributed by atoms with Gasteiger partial charge in [-0.25, -0.2) is 0 Å². The van der Waals surface area contributed by atoms with Crippen molar-refractivity contribution >= 4 is 90.3 Å². The lowest BCUT2D eigenvalue weighted by molar-refractivity contribution is 0.562. The number of unbranched alkanes of at least 4 members (excludes halogenated alkanes) is 9. The van der Waals surface area contributed by atoms with Gasteiger partial charge in [0.1, 0.15) is 18.6 Å². The van der Waals surface area contributed by atoms with E-state index in [-0.39, 0.29) is 15.7 Å². The summed E-state index contributed by atoms with van der Waals surface area (Å²) in [5, 5.41) is 2.89. The van der Waals surface area contributed by atoms with Gasteiger partial charge < -0.3 is 0 Å². The van der Waals surface area contributed by atoms with E-state index < -0.39 is 15.2 Å². The minimum Gasteiger partial charge on any atom is -0.173 e. The molecule has 5 rings (SSSR count). The van der Waals surface area contributed by atoms with Crippen LogP contribution in [0.3, 0.4) is 0 Å². The smallest absolute Gasteiger partial charge is 0.173 e. The number of hydrogen-bond donors (Lipinski definition) is 0. The SMILES string of the molecule is CC#CC#CC#CC#CC#CC#CC#CC#CC#CC#C[Si]1(CCCCCCCCCCCC)c2cc(C)sc2-c2sc(-c3ccc(C)c4nsnc34)cc21.[2H]P([3H])(=S)[B][3H].[HH].[HH].[HH].[HH].[HH].[HH].[HH].[HH].[HH].[HH].[HH]. The van der Waals surface area contributed by atoms with E-state index in [1.165, 1.54) is 106 Å². The molecule has 2 atom stereocenters. The molecule has 0 aliphatic carbocycles. The number of benzene rings is 1. The highest BCUT2D eigenvalue weighted by Crippen LogP contribution is 2.44. The zero-order valence-corrected chi connectivity index (χ0v) is 38.3. The Morgan fingerprint density at radius 2 is 1.21 bits per heavy atom. The topological polar surface area (TPSA) is 25.8 Å². The minimum atomic E-state index is -2.77. The predicted octanol–water partition coefficient (Wildman–Crippen LogP) is 11.5. The molecule has 0 saturated heterocycles. The number of hydrogen-bond acceptors (Lipinski definition) is 6. The van der Waals surface area contributed by atoms with Crippen LogP contribution in [0.5, 0.6) is 0 Å². The summed E-state index contributed by atoms with van der Waals surface area (Å²) < 4.78 is 28.7. The van der Waals surface area contributed by atoms with E-state index in [2.05, 4.69) is 179 Å². The molecule has 3 aromatic heterocycles. The van der Waals surface area contributed by atoms with E-state index in [0.717, 1.165) is 28.2 Å². The summed E-state index contributed by atoms with van der Waals surface area (Å²) in [7, 11) is -4.52. The van der Waals surface area contributed by atoms with Crippen molar-refractivity contribution in [2.45, 2.75) is 97.9 Å². The maximum Gasteiger partial charge on any atom is 0.203 e. The fraction of sp³-hybridized carbons (Fsp3) is 0.306. The van der Waals surface area contributed by atoms with Gasteiger partial charge in [0.2, 0.25) is 8.07 Å². The van der Waals surface area contributed by atoms with Crippen molar-refractivity contribution in [3.05, 3.63) is 34.7 Å². The van der Waals surface area contributed by atoms with Gasteiger partial charge in [0, 0.05) is 52.6 Å². The molecule has 1 aliphatic rings. The molecule has 4 aromatic rings. The fourth-order valence-electron chi connectivity index (χ4n) is 6.39. The van der Waals surface area contributed by atoms with Gasteiger partial charge in [-0.2, -0.15) is 8.75 Å². The monoisotopic (exact) mass is 882 g/mol. The second-order valence-corrected chi connectivity index (χ2v) is 20.2. The third kappa shape index (κ3) is 13.5. The molecule has 0 amide bonds. The average molecular weight is 883 g/mol. The van der Waals surface area contributed by atoms with Gasteiger partial charge >= 0.3 is 0 Å². The van der Waals surface area contributed by atoms with Gasteiger partial charge in [-0.15, -0.1) is 47.1 Å². The van der Waals surface area contributed by atoms with Crippen LogP contribution >= 0.6 is 41.5 Å². The Kier molecular flexibility index (Phi) is 18.5. The largest absolute Gasteiger partial charge is 0.203 e. The Morgan fingerprint density at radius 3 is 1.76 bits per heavy atom. The summed E-state index contributed by atoms with van der Waals surface area (Å²) in [5.41, 5.74) is 8.14. The molecule has 4 heterocycles. The van der Waals surface area contributed by atoms with Crippen molar-refractivity contribution in [1.82, 2.24) is 8.75 Å². The number of fused-ring (bicyclic) bond motifs is 4. The lowest BCUT2D eigenvalue weighted by atomic mass is 10.1. The molecule has 1 aromatic carbocycles. The summed E-state index contributed by atoms with van der Waals surface area (Å²) >= 11 is 9.26. The van der Waals surface area contributed by atoms with Crippen LogP contribution in [0.2, 0.25) is 6.04 Å². The second-order valence-electron chi connectivity index (χ2n) is 12.9. The summed E-state index contributed by atoms with van der Waals surface area (Å²) in [6.07, 6.45) is 13.1. The number of aromatic nitrogens is 2. The zero-order chi connectivity index (χ0) is 43.8. The Labute approximate surface area is 387 Å². The van der Waals surface area contributed by atoms with Gasteiger partial charge in [0.15, 0.2) is 0 Å². The molecule has 2 unspecified atom stereocenters. The third-order valence-corrected chi connectivity index (χ3v) is 16.5. The predicted molar refractivity (Wildman–Crippen MR) is 286 cm³/mol. The van der Waals surface area contributed by atoms with Crippen molar-refractivity contribution in [3.63, 3.8) is 0 Å². The first-order valence-electron chi connectivity index (χ1n) is 20.4. The Hall–Kier alpha value is -5.03. The van der Waals surface area contributed by atoms with Crippen LogP contribution in [0.15, 0.2) is 24.3 Å². The van der Waals surface area contributed by atoms with Gasteiger partial charge in [-0.3, -0.25) is 0 Å². The first-order valence-corrected chi connectivity index (χ1v) is 25.5. The lowest BCUT2D eigenvalue weighted by Crippen LogP contribution is -2.53. The number of rotatable bonds is 13. The van der Waals surface area contributed by atoms with Crippen molar-refractivity contribution in [2.75, 3.05) is 0 Å². The van der Waals surface area contributed by atoms with E-state index in [9.17, 15) is 0 Å². The maximum atomic E-state index is 6.53. The van der Waals surface area contributed by atoms with Gasteiger partial charge in [-0.1, -0.05) is 89.2 Å². The molecule has 58 heavy (non-hydrogen) atoms. The zero-order valence-electron chi connectivity index (χ0n) is 36.1. The quantitative estimate of drug-likeness (QED) is 0.0579. The van der Waals surface area contributed by atoms with Crippen LogP contribution < -0.4 is 10.4 Å². The van der Waals surface area contributed by atoms with Crippen molar-refractivity contribution in [3.8, 4) is 138 Å². The van der Waals surface area contributed by atoms with Crippen molar-refractivity contribution in [1.29, 1.82) is 3.89 Å². The number of thiophene rings is 2. The molecule has 1 aliphatic heterocycles. The summed E-state index contributed by atoms with van der Waals surface area (Å²) in [6.45, 7) is 8.31. The van der Waals surface area contributed by atoms with E-state index in [4.69, 9.17) is 8.27 Å². The highest BCUT2D eigenvalue weighted by Gasteiger charge is 2.47. The molecule has 9 heteroatoms. The van der Waals surface area contributed by atoms with Gasteiger partial charge in [-0.05, 0) is 151 Å². The molecule has 305 valence electrons. The minimum absolute atomic E-state index is 0. The highest BCUT2D eigenvalue weighted by atomic mass is 32.4. The molecule has 1 radical (unpaired) electrons. The standard InChI is InChI=1S/C49H38N2S3Si.BH3PS.11H2/c1-5-7-9-11-13-15-17-18-19-20-21-22-23-24-25-27-29-31-33-37-55(36-32-30-28-26-16-14-12-10-8-6-2)44-38-41(4)52-48(44)49-45(55)39-43(53-49)42-35-34-40(3)46-47(42)51-54-50-46;1-2-3;;;;;;;;;;;/h34-35,38-39H,6,8,10,12,14,16,26,28,30,32,36H2,1-4H3;1H,2H2;11*1H/i;1T,2TD;;;;;;;;;;;. The van der Waals surface area contributed by atoms with E-state index in [0.29, 0.717) is 7.53 Å². The van der Waals surface area contributed by atoms with Crippen LogP contribution in [0.25, 0.3) is 31.2 Å². The lowest BCUT2D eigenvalue weighted by Gasteiger charge is -2.22. The first-order chi connectivity index (χ1) is 29.6. The van der Waals surface area contributed by atoms with Gasteiger partial charge in [0.05, 0.1) is 14.3 Å². The summed E-state index contributed by atoms with van der Waals surface area (Å²) in [6, 6.07) is 10.3. The fourth-order valence-corrected chi connectivity index (χ4v) is 15.1. The van der Waals surface area contributed by atoms with Crippen LogP contribution in [0.1, 0.15) is 104 Å². The molecule has 2 nitrogen and oxygen atoms in total. The Bertz CT molecular complexity index is 2970. The number of nitrogens with zero attached hydrogens (tertiary/aromatic N) is 2. The van der Waals surface area contributed by atoms with Crippen molar-refractivity contribution in [2.24, 2.45) is 0 Å². The normalized spacial score (nSPS) is 13.6. The second kappa shape index (κ2) is 26.1. The third-order valence-electron chi connectivity index (χ3n) is 8.96. The molecule has 0 saturated carbocycles. The summed E-state index contributed by atoms with van der Waals surface area (Å²) in [4.78, 5) is 5.35. The molecule has 0 N–H and O–H groups in total. The van der Waals surface area contributed by atoms with Gasteiger partial charge in [0.25, 0.3) is 0 Å². The van der Waals surface area contributed by atoms with Crippen LogP contribution in [-0.2, 0) is 11.8 Å². The number of aryl methyl sites for hydroxylation is 2. The Morgan fingerprint density at radius 1 is 0.724 bits per heavy atom. The highest BCUT2D eigenvalue weighted by molar-refractivity contribution is 8.07. The van der Waals surface area contributed by atoms with Crippen LogP contribution in [0.4, 0.5) is 0 Å². The molecule has 0 spiro atoms. The van der Waals surface area contributed by atoms with Crippen LogP contribution in [0, 0.1) is 132 Å². The molecule has 0 bridgehead atoms. The molecular formula is C49H63BN2PS4Si. The average Bonchev–Trinajstić information content (AvgIpc) is 4.04. The maximum absolute atomic E-state index is 6.53.